The molecule has 0 unspecified atom stereocenters. The predicted molar refractivity (Wildman–Crippen MR) is 76.4 cm³/mol. The molecular weight excluding hydrogens is 234 g/mol. The van der Waals surface area contributed by atoms with Gasteiger partial charge in [0.05, 0.1) is 6.07 Å². The van der Waals surface area contributed by atoms with Crippen LogP contribution in [0.2, 0.25) is 0 Å². The van der Waals surface area contributed by atoms with Crippen LogP contribution in [0, 0.1) is 11.3 Å². The zero-order chi connectivity index (χ0) is 12.8. The molecule has 0 saturated carbocycles. The number of nitrogens with zero attached hydrogens (tertiary/aromatic N) is 2. The molecule has 0 spiro atoms. The first-order chi connectivity index (χ1) is 9.36. The first-order valence-corrected chi connectivity index (χ1v) is 7.13. The van der Waals surface area contributed by atoms with Gasteiger partial charge in [-0.3, -0.25) is 0 Å². The number of H-pyrrole nitrogens is 1. The molecule has 1 aromatic heterocycles. The highest BCUT2D eigenvalue weighted by molar-refractivity contribution is 5.91. The van der Waals surface area contributed by atoms with Gasteiger partial charge in [-0.25, -0.2) is 0 Å². The van der Waals surface area contributed by atoms with Gasteiger partial charge in [0.1, 0.15) is 5.82 Å². The van der Waals surface area contributed by atoms with Crippen molar-refractivity contribution in [3.05, 3.63) is 29.3 Å². The lowest BCUT2D eigenvalue weighted by Gasteiger charge is -2.40. The largest absolute Gasteiger partial charge is 0.358 e. The summed E-state index contributed by atoms with van der Waals surface area (Å²) in [6.45, 7) is 2.40. The number of aryl methyl sites for hydroxylation is 1. The van der Waals surface area contributed by atoms with Crippen LogP contribution < -0.4 is 4.90 Å². The number of nitriles is 1. The second-order valence-electron chi connectivity index (χ2n) is 5.69. The quantitative estimate of drug-likeness (QED) is 0.889. The topological polar surface area (TPSA) is 42.8 Å². The van der Waals surface area contributed by atoms with Gasteiger partial charge in [-0.05, 0) is 42.9 Å². The standard InChI is InChI=1S/C16H17N3/c17-7-1-2-11-3-4-14-13(10-11)15-12-5-8-19(9-6-12)16(15)18-14/h3-4,10,12,18H,1-2,5-6,8-9H2. The highest BCUT2D eigenvalue weighted by Gasteiger charge is 2.33. The molecule has 0 radical (unpaired) electrons. The molecule has 0 aliphatic carbocycles. The molecule has 1 saturated heterocycles. The van der Waals surface area contributed by atoms with E-state index in [4.69, 9.17) is 5.26 Å². The lowest BCUT2D eigenvalue weighted by Crippen LogP contribution is -2.38. The molecule has 1 N–H and O–H groups in total. The van der Waals surface area contributed by atoms with E-state index in [-0.39, 0.29) is 0 Å². The van der Waals surface area contributed by atoms with Crippen molar-refractivity contribution in [3.63, 3.8) is 0 Å². The summed E-state index contributed by atoms with van der Waals surface area (Å²) in [4.78, 5) is 6.08. The fourth-order valence-electron chi connectivity index (χ4n) is 3.66. The van der Waals surface area contributed by atoms with Crippen LogP contribution in [0.4, 0.5) is 5.82 Å². The predicted octanol–water partition coefficient (Wildman–Crippen LogP) is 3.32. The van der Waals surface area contributed by atoms with Gasteiger partial charge in [0.2, 0.25) is 0 Å². The average molecular weight is 251 g/mol. The van der Waals surface area contributed by atoms with Crippen LogP contribution >= 0.6 is 0 Å². The SMILES string of the molecule is N#CCCc1ccc2[nH]c3c(c2c1)C1CCN3CC1. The van der Waals surface area contributed by atoms with Crippen LogP contribution in [0.3, 0.4) is 0 Å². The van der Waals surface area contributed by atoms with Crippen molar-refractivity contribution >= 4 is 16.7 Å². The molecule has 1 fully saturated rings. The van der Waals surface area contributed by atoms with Crippen molar-refractivity contribution in [2.75, 3.05) is 18.0 Å². The number of piperidine rings is 1. The number of hydrogen-bond donors (Lipinski definition) is 1. The van der Waals surface area contributed by atoms with Crippen molar-refractivity contribution in [1.82, 2.24) is 4.98 Å². The number of nitrogens with one attached hydrogen (secondary N) is 1. The van der Waals surface area contributed by atoms with E-state index in [1.54, 1.807) is 0 Å². The Labute approximate surface area is 112 Å². The van der Waals surface area contributed by atoms with E-state index in [2.05, 4.69) is 34.2 Å². The molecule has 5 rings (SSSR count). The van der Waals surface area contributed by atoms with Crippen LogP contribution in [0.25, 0.3) is 10.9 Å². The molecule has 3 aliphatic heterocycles. The molecule has 2 aromatic rings. The van der Waals surface area contributed by atoms with E-state index in [1.165, 1.54) is 53.8 Å². The molecule has 3 aliphatic rings. The minimum absolute atomic E-state index is 0.605. The van der Waals surface area contributed by atoms with E-state index in [9.17, 15) is 0 Å². The van der Waals surface area contributed by atoms with Crippen LogP contribution in [0.15, 0.2) is 18.2 Å². The van der Waals surface area contributed by atoms with E-state index in [1.807, 2.05) is 0 Å². The third-order valence-corrected chi connectivity index (χ3v) is 4.63. The summed E-state index contributed by atoms with van der Waals surface area (Å²) >= 11 is 0. The summed E-state index contributed by atoms with van der Waals surface area (Å²) in [5.41, 5.74) is 4.07. The summed E-state index contributed by atoms with van der Waals surface area (Å²) in [5, 5.41) is 10.1. The average Bonchev–Trinajstić information content (AvgIpc) is 2.87. The van der Waals surface area contributed by atoms with Crippen molar-refractivity contribution in [1.29, 1.82) is 5.26 Å². The maximum Gasteiger partial charge on any atom is 0.110 e. The molecule has 19 heavy (non-hydrogen) atoms. The third kappa shape index (κ3) is 1.56. The van der Waals surface area contributed by atoms with Gasteiger partial charge < -0.3 is 9.88 Å². The van der Waals surface area contributed by atoms with Crippen LogP contribution in [0.1, 0.15) is 36.3 Å². The lowest BCUT2D eigenvalue weighted by atomic mass is 9.84. The van der Waals surface area contributed by atoms with Gasteiger partial charge in [-0.2, -0.15) is 5.26 Å². The Morgan fingerprint density at radius 1 is 1.32 bits per heavy atom. The summed E-state index contributed by atoms with van der Waals surface area (Å²) in [6, 6.07) is 8.86. The first kappa shape index (κ1) is 10.9. The van der Waals surface area contributed by atoms with E-state index >= 15 is 0 Å². The number of benzene rings is 1. The van der Waals surface area contributed by atoms with Gasteiger partial charge >= 0.3 is 0 Å². The number of aromatic nitrogens is 1. The Morgan fingerprint density at radius 2 is 2.16 bits per heavy atom. The normalized spacial score (nSPS) is 17.7. The zero-order valence-corrected chi connectivity index (χ0v) is 10.9. The zero-order valence-electron chi connectivity index (χ0n) is 10.9. The Bertz CT molecular complexity index is 669. The molecule has 1 aromatic carbocycles. The maximum absolute atomic E-state index is 8.72. The Morgan fingerprint density at radius 3 is 2.95 bits per heavy atom. The smallest absolute Gasteiger partial charge is 0.110 e. The van der Waals surface area contributed by atoms with Crippen LogP contribution in [0.5, 0.6) is 0 Å². The van der Waals surface area contributed by atoms with Gasteiger partial charge in [0, 0.05) is 36.0 Å². The van der Waals surface area contributed by atoms with E-state index < -0.39 is 0 Å². The Hall–Kier alpha value is -1.95. The minimum Gasteiger partial charge on any atom is -0.358 e. The highest BCUT2D eigenvalue weighted by Crippen LogP contribution is 2.45. The number of anilines is 1. The molecular formula is C16H17N3. The minimum atomic E-state index is 0.605. The van der Waals surface area contributed by atoms with Gasteiger partial charge in [-0.15, -0.1) is 0 Å². The summed E-state index contributed by atoms with van der Waals surface area (Å²) < 4.78 is 0. The molecule has 3 nitrogen and oxygen atoms in total. The molecule has 96 valence electrons. The molecule has 3 heteroatoms. The molecule has 0 atom stereocenters. The van der Waals surface area contributed by atoms with Gasteiger partial charge in [-0.1, -0.05) is 6.07 Å². The Kier molecular flexibility index (Phi) is 2.32. The van der Waals surface area contributed by atoms with Crippen LogP contribution in [-0.2, 0) is 6.42 Å². The summed E-state index contributed by atoms with van der Waals surface area (Å²) in [7, 11) is 0. The number of rotatable bonds is 2. The fraction of sp³-hybridized carbons (Fsp3) is 0.438. The van der Waals surface area contributed by atoms with E-state index in [0.29, 0.717) is 6.42 Å². The van der Waals surface area contributed by atoms with E-state index in [0.717, 1.165) is 12.3 Å². The second-order valence-corrected chi connectivity index (χ2v) is 5.69. The van der Waals surface area contributed by atoms with Crippen molar-refractivity contribution < 1.29 is 0 Å². The van der Waals surface area contributed by atoms with Crippen molar-refractivity contribution in [3.8, 4) is 6.07 Å². The first-order valence-electron chi connectivity index (χ1n) is 7.13. The molecule has 2 bridgehead atoms. The Balaban J connectivity index is 1.85. The second kappa shape index (κ2) is 4.03. The van der Waals surface area contributed by atoms with Gasteiger partial charge in [0.15, 0.2) is 0 Å². The summed E-state index contributed by atoms with van der Waals surface area (Å²) in [5.74, 6) is 2.09. The molecule has 0 amide bonds. The maximum atomic E-state index is 8.72. The van der Waals surface area contributed by atoms with Crippen molar-refractivity contribution in [2.24, 2.45) is 0 Å². The summed E-state index contributed by atoms with van der Waals surface area (Å²) in [6.07, 6.45) is 4.05. The van der Waals surface area contributed by atoms with Crippen LogP contribution in [-0.4, -0.2) is 18.1 Å². The number of fused-ring (bicyclic) bond motifs is 3. The lowest BCUT2D eigenvalue weighted by molar-refractivity contribution is 0.475. The number of aromatic amines is 1. The monoisotopic (exact) mass is 251 g/mol. The molecule has 4 heterocycles. The van der Waals surface area contributed by atoms with Gasteiger partial charge in [0.25, 0.3) is 0 Å². The van der Waals surface area contributed by atoms with Crippen molar-refractivity contribution in [2.45, 2.75) is 31.6 Å². The fourth-order valence-corrected chi connectivity index (χ4v) is 3.66. The third-order valence-electron chi connectivity index (χ3n) is 4.63. The highest BCUT2D eigenvalue weighted by atomic mass is 15.2. The number of hydrogen-bond acceptors (Lipinski definition) is 2.